The Hall–Kier alpha value is -0.130. The van der Waals surface area contributed by atoms with Crippen LogP contribution in [0.4, 0.5) is 0 Å². The Morgan fingerprint density at radius 3 is 2.31 bits per heavy atom. The molecule has 4 nitrogen and oxygen atoms in total. The highest BCUT2D eigenvalue weighted by molar-refractivity contribution is 7.91. The number of rotatable bonds is 1. The number of hydrogen-bond acceptors (Lipinski definition) is 4. The predicted octanol–water partition coefficient (Wildman–Crippen LogP) is -0.337. The zero-order valence-electron chi connectivity index (χ0n) is 8.08. The van der Waals surface area contributed by atoms with Crippen molar-refractivity contribution in [2.75, 3.05) is 11.5 Å². The monoisotopic (exact) mass is 207 g/mol. The molecule has 1 atom stereocenters. The maximum Gasteiger partial charge on any atom is 0.153 e. The van der Waals surface area contributed by atoms with Crippen LogP contribution in [0.25, 0.3) is 0 Å². The molecule has 1 heterocycles. The average molecular weight is 207 g/mol. The van der Waals surface area contributed by atoms with E-state index >= 15 is 0 Å². The molecular weight excluding hydrogens is 190 g/mol. The van der Waals surface area contributed by atoms with Gasteiger partial charge in [0.1, 0.15) is 0 Å². The molecule has 1 fully saturated rings. The molecule has 0 spiro atoms. The number of nitrogens with two attached hydrogens (primary N) is 1. The Bertz CT molecular complexity index is 291. The second kappa shape index (κ2) is 2.93. The fraction of sp³-hybridized carbons (Fsp3) is 1.00. The summed E-state index contributed by atoms with van der Waals surface area (Å²) in [5, 5.41) is 10.0. The van der Waals surface area contributed by atoms with Crippen LogP contribution in [-0.2, 0) is 9.84 Å². The van der Waals surface area contributed by atoms with Gasteiger partial charge in [-0.15, -0.1) is 0 Å². The van der Waals surface area contributed by atoms with E-state index < -0.39 is 21.0 Å². The molecule has 0 saturated carbocycles. The van der Waals surface area contributed by atoms with E-state index in [0.29, 0.717) is 12.8 Å². The normalized spacial score (nSPS) is 34.5. The van der Waals surface area contributed by atoms with E-state index in [4.69, 9.17) is 5.73 Å². The summed E-state index contributed by atoms with van der Waals surface area (Å²) in [4.78, 5) is 0. The van der Waals surface area contributed by atoms with Crippen LogP contribution in [0.2, 0.25) is 0 Å². The highest BCUT2D eigenvalue weighted by Crippen LogP contribution is 2.30. The second-order valence-corrected chi connectivity index (χ2v) is 6.63. The van der Waals surface area contributed by atoms with Gasteiger partial charge in [-0.3, -0.25) is 0 Å². The fourth-order valence-electron chi connectivity index (χ4n) is 1.60. The lowest BCUT2D eigenvalue weighted by Gasteiger charge is -2.42. The summed E-state index contributed by atoms with van der Waals surface area (Å²) in [5.74, 6) is -0.0328. The van der Waals surface area contributed by atoms with Crippen LogP contribution < -0.4 is 5.73 Å². The van der Waals surface area contributed by atoms with Crippen LogP contribution in [0, 0.1) is 0 Å². The Kier molecular flexibility index (Phi) is 2.47. The average Bonchev–Trinajstić information content (AvgIpc) is 1.80. The fourth-order valence-corrected chi connectivity index (χ4v) is 3.57. The van der Waals surface area contributed by atoms with E-state index in [2.05, 4.69) is 0 Å². The first-order valence-corrected chi connectivity index (χ1v) is 6.20. The van der Waals surface area contributed by atoms with Gasteiger partial charge < -0.3 is 10.8 Å². The Morgan fingerprint density at radius 1 is 1.46 bits per heavy atom. The van der Waals surface area contributed by atoms with Crippen molar-refractivity contribution in [3.8, 4) is 0 Å². The third kappa shape index (κ3) is 2.21. The standard InChI is InChI=1S/C8H17NO3S/c1-7(2,9)8(10)4-3-5-13(11,12)6-8/h10H,3-6,9H2,1-2H3. The zero-order chi connectivity index (χ0) is 10.3. The number of aliphatic hydroxyl groups is 1. The van der Waals surface area contributed by atoms with E-state index in [1.807, 2.05) is 0 Å². The van der Waals surface area contributed by atoms with Crippen molar-refractivity contribution in [2.45, 2.75) is 37.8 Å². The Balaban J connectivity index is 2.94. The molecule has 78 valence electrons. The summed E-state index contributed by atoms with van der Waals surface area (Å²) in [6.45, 7) is 3.32. The molecule has 0 bridgehead atoms. The lowest BCUT2D eigenvalue weighted by molar-refractivity contribution is -0.0117. The van der Waals surface area contributed by atoms with Crippen molar-refractivity contribution in [1.82, 2.24) is 0 Å². The van der Waals surface area contributed by atoms with Crippen molar-refractivity contribution in [3.05, 3.63) is 0 Å². The lowest BCUT2D eigenvalue weighted by Crippen LogP contribution is -2.61. The molecule has 1 unspecified atom stereocenters. The van der Waals surface area contributed by atoms with Crippen LogP contribution in [0.1, 0.15) is 26.7 Å². The summed E-state index contributed by atoms with van der Waals surface area (Å²) >= 11 is 0. The maximum absolute atomic E-state index is 11.3. The molecule has 1 aliphatic heterocycles. The minimum absolute atomic E-state index is 0.172. The van der Waals surface area contributed by atoms with Gasteiger partial charge in [0, 0.05) is 5.54 Å². The third-order valence-electron chi connectivity index (χ3n) is 2.70. The predicted molar refractivity (Wildman–Crippen MR) is 51.1 cm³/mol. The highest BCUT2D eigenvalue weighted by Gasteiger charge is 2.46. The summed E-state index contributed by atoms with van der Waals surface area (Å²) in [6, 6.07) is 0. The lowest BCUT2D eigenvalue weighted by atomic mass is 9.81. The minimum Gasteiger partial charge on any atom is -0.387 e. The van der Waals surface area contributed by atoms with Crippen molar-refractivity contribution in [3.63, 3.8) is 0 Å². The Morgan fingerprint density at radius 2 is 2.00 bits per heavy atom. The number of sulfone groups is 1. The van der Waals surface area contributed by atoms with Gasteiger partial charge in [0.05, 0.1) is 17.1 Å². The SMILES string of the molecule is CC(C)(N)C1(O)CCCS(=O)(=O)C1. The van der Waals surface area contributed by atoms with E-state index in [0.717, 1.165) is 0 Å². The molecule has 0 aliphatic carbocycles. The van der Waals surface area contributed by atoms with Crippen LogP contribution >= 0.6 is 0 Å². The molecular formula is C8H17NO3S. The van der Waals surface area contributed by atoms with Gasteiger partial charge in [0.2, 0.25) is 0 Å². The molecule has 0 aromatic rings. The molecule has 1 saturated heterocycles. The van der Waals surface area contributed by atoms with Crippen LogP contribution in [-0.4, -0.2) is 36.2 Å². The van der Waals surface area contributed by atoms with Crippen LogP contribution in [0.3, 0.4) is 0 Å². The van der Waals surface area contributed by atoms with Crippen molar-refractivity contribution in [1.29, 1.82) is 0 Å². The van der Waals surface area contributed by atoms with Crippen LogP contribution in [0.5, 0.6) is 0 Å². The number of hydrogen-bond donors (Lipinski definition) is 2. The molecule has 0 radical (unpaired) electrons. The Labute approximate surface area is 79.0 Å². The highest BCUT2D eigenvalue weighted by atomic mass is 32.2. The van der Waals surface area contributed by atoms with Crippen LogP contribution in [0.15, 0.2) is 0 Å². The van der Waals surface area contributed by atoms with Gasteiger partial charge >= 0.3 is 0 Å². The van der Waals surface area contributed by atoms with Gasteiger partial charge in [0.25, 0.3) is 0 Å². The largest absolute Gasteiger partial charge is 0.387 e. The molecule has 1 rings (SSSR count). The van der Waals surface area contributed by atoms with Gasteiger partial charge in [-0.05, 0) is 26.7 Å². The molecule has 3 N–H and O–H groups in total. The molecule has 5 heteroatoms. The van der Waals surface area contributed by atoms with Gasteiger partial charge in [-0.25, -0.2) is 8.42 Å². The first kappa shape index (κ1) is 10.9. The van der Waals surface area contributed by atoms with E-state index in [9.17, 15) is 13.5 Å². The van der Waals surface area contributed by atoms with Crippen molar-refractivity contribution in [2.24, 2.45) is 5.73 Å². The van der Waals surface area contributed by atoms with E-state index in [-0.39, 0.29) is 11.5 Å². The van der Waals surface area contributed by atoms with Gasteiger partial charge in [-0.1, -0.05) is 0 Å². The van der Waals surface area contributed by atoms with Crippen molar-refractivity contribution >= 4 is 9.84 Å². The quantitative estimate of drug-likeness (QED) is 0.616. The molecule has 0 aromatic heterocycles. The van der Waals surface area contributed by atoms with Gasteiger partial charge in [-0.2, -0.15) is 0 Å². The third-order valence-corrected chi connectivity index (χ3v) is 4.53. The molecule has 0 amide bonds. The van der Waals surface area contributed by atoms with Crippen molar-refractivity contribution < 1.29 is 13.5 Å². The molecule has 0 aromatic carbocycles. The minimum atomic E-state index is -3.10. The first-order chi connectivity index (χ1) is 5.66. The smallest absolute Gasteiger partial charge is 0.153 e. The van der Waals surface area contributed by atoms with E-state index in [1.54, 1.807) is 13.8 Å². The van der Waals surface area contributed by atoms with Gasteiger partial charge in [0.15, 0.2) is 9.84 Å². The second-order valence-electron chi connectivity index (χ2n) is 4.45. The summed E-state index contributed by atoms with van der Waals surface area (Å²) in [6.07, 6.45) is 0.967. The maximum atomic E-state index is 11.3. The first-order valence-electron chi connectivity index (χ1n) is 4.38. The van der Waals surface area contributed by atoms with E-state index in [1.165, 1.54) is 0 Å². The summed E-state index contributed by atoms with van der Waals surface area (Å²) < 4.78 is 22.6. The zero-order valence-corrected chi connectivity index (χ0v) is 8.89. The molecule has 1 aliphatic rings. The summed E-state index contributed by atoms with van der Waals surface area (Å²) in [5.41, 5.74) is 3.63. The molecule has 13 heavy (non-hydrogen) atoms. The summed E-state index contributed by atoms with van der Waals surface area (Å²) in [7, 11) is -3.10. The topological polar surface area (TPSA) is 80.4 Å².